The van der Waals surface area contributed by atoms with Gasteiger partial charge in [0.15, 0.2) is 0 Å². The Balaban J connectivity index is 2.65. The first kappa shape index (κ1) is 15.2. The average molecular weight is 264 g/mol. The molecule has 0 aliphatic rings. The van der Waals surface area contributed by atoms with Gasteiger partial charge in [-0.15, -0.1) is 0 Å². The Hall–Kier alpha value is -1.88. The molecule has 1 unspecified atom stereocenters. The molecular weight excluding hydrogens is 244 g/mol. The molecule has 2 N–H and O–H groups in total. The normalized spacial score (nSPS) is 13.5. The van der Waals surface area contributed by atoms with Crippen molar-refractivity contribution in [3.05, 3.63) is 35.9 Å². The number of nitrogens with two attached hydrogens (primary N) is 1. The van der Waals surface area contributed by atoms with Gasteiger partial charge in [-0.05, 0) is 5.56 Å². The topological polar surface area (TPSA) is 72.6 Å². The van der Waals surface area contributed by atoms with Crippen LogP contribution in [0.5, 0.6) is 0 Å². The number of esters is 1. The Labute approximate surface area is 113 Å². The maximum Gasteiger partial charge on any atom is 0.310 e. The van der Waals surface area contributed by atoms with Gasteiger partial charge in [-0.3, -0.25) is 9.59 Å². The number of rotatable bonds is 5. The third-order valence-electron chi connectivity index (χ3n) is 2.95. The summed E-state index contributed by atoms with van der Waals surface area (Å²) in [5.74, 6) is -0.934. The lowest BCUT2D eigenvalue weighted by atomic mass is 10.1. The molecular formula is C14H20N2O3. The minimum Gasteiger partial charge on any atom is -0.469 e. The Kier molecular flexibility index (Phi) is 5.51. The highest BCUT2D eigenvalue weighted by Gasteiger charge is 2.23. The van der Waals surface area contributed by atoms with Crippen molar-refractivity contribution < 1.29 is 14.3 Å². The van der Waals surface area contributed by atoms with E-state index in [-0.39, 0.29) is 24.3 Å². The third-order valence-corrected chi connectivity index (χ3v) is 2.95. The molecule has 2 atom stereocenters. The van der Waals surface area contributed by atoms with E-state index < -0.39 is 6.04 Å². The molecule has 19 heavy (non-hydrogen) atoms. The maximum atomic E-state index is 12.1. The van der Waals surface area contributed by atoms with Crippen LogP contribution in [0.3, 0.4) is 0 Å². The van der Waals surface area contributed by atoms with Crippen LogP contribution in [0.1, 0.15) is 18.5 Å². The first-order valence-electron chi connectivity index (χ1n) is 6.10. The van der Waals surface area contributed by atoms with Gasteiger partial charge in [-0.2, -0.15) is 0 Å². The molecule has 1 aromatic rings. The maximum absolute atomic E-state index is 12.1. The number of ether oxygens (including phenoxy) is 1. The zero-order valence-electron chi connectivity index (χ0n) is 11.5. The van der Waals surface area contributed by atoms with E-state index in [1.165, 1.54) is 12.0 Å². The van der Waals surface area contributed by atoms with Crippen LogP contribution in [0.2, 0.25) is 0 Å². The zero-order valence-corrected chi connectivity index (χ0v) is 11.5. The Morgan fingerprint density at radius 1 is 1.32 bits per heavy atom. The Morgan fingerprint density at radius 2 is 1.89 bits per heavy atom. The molecule has 0 saturated carbocycles. The summed E-state index contributed by atoms with van der Waals surface area (Å²) >= 11 is 0. The number of nitrogens with zero attached hydrogens (tertiary/aromatic N) is 1. The largest absolute Gasteiger partial charge is 0.469 e. The summed E-state index contributed by atoms with van der Waals surface area (Å²) in [6.07, 6.45) is 0. The van der Waals surface area contributed by atoms with Crippen molar-refractivity contribution in [2.75, 3.05) is 20.7 Å². The van der Waals surface area contributed by atoms with Gasteiger partial charge < -0.3 is 15.4 Å². The van der Waals surface area contributed by atoms with Crippen molar-refractivity contribution in [1.29, 1.82) is 0 Å². The van der Waals surface area contributed by atoms with Gasteiger partial charge >= 0.3 is 5.97 Å². The molecule has 1 aromatic carbocycles. The molecule has 104 valence electrons. The van der Waals surface area contributed by atoms with E-state index >= 15 is 0 Å². The van der Waals surface area contributed by atoms with Gasteiger partial charge in [0.1, 0.15) is 6.04 Å². The van der Waals surface area contributed by atoms with Crippen molar-refractivity contribution in [2.24, 2.45) is 11.7 Å². The van der Waals surface area contributed by atoms with Crippen LogP contribution in [-0.2, 0) is 14.3 Å². The van der Waals surface area contributed by atoms with Gasteiger partial charge in [0, 0.05) is 13.6 Å². The monoisotopic (exact) mass is 264 g/mol. The molecule has 0 aliphatic carbocycles. The molecule has 0 aliphatic heterocycles. The third kappa shape index (κ3) is 4.06. The fourth-order valence-corrected chi connectivity index (χ4v) is 1.82. The SMILES string of the molecule is COC(=O)C(C)CN(C)C(=O)[C@@H](N)c1ccccc1. The highest BCUT2D eigenvalue weighted by atomic mass is 16.5. The standard InChI is InChI=1S/C14H20N2O3/c1-10(14(18)19-3)9-16(2)13(17)12(15)11-7-5-4-6-8-11/h4-8,10,12H,9,15H2,1-3H3/t10?,12-/m0/s1. The van der Waals surface area contributed by atoms with Gasteiger partial charge in [0.25, 0.3) is 0 Å². The first-order valence-corrected chi connectivity index (χ1v) is 6.10. The van der Waals surface area contributed by atoms with Crippen LogP contribution in [-0.4, -0.2) is 37.5 Å². The fraction of sp³-hybridized carbons (Fsp3) is 0.429. The van der Waals surface area contributed by atoms with E-state index in [4.69, 9.17) is 5.73 Å². The van der Waals surface area contributed by atoms with Gasteiger partial charge in [-0.25, -0.2) is 0 Å². The minimum absolute atomic E-state index is 0.220. The summed E-state index contributed by atoms with van der Waals surface area (Å²) in [6, 6.07) is 8.43. The summed E-state index contributed by atoms with van der Waals surface area (Å²) in [6.45, 7) is 2.00. The van der Waals surface area contributed by atoms with Crippen LogP contribution in [0, 0.1) is 5.92 Å². The summed E-state index contributed by atoms with van der Waals surface area (Å²) in [5, 5.41) is 0. The molecule has 0 spiro atoms. The predicted molar refractivity (Wildman–Crippen MR) is 72.2 cm³/mol. The second-order valence-corrected chi connectivity index (χ2v) is 4.53. The van der Waals surface area contributed by atoms with E-state index in [9.17, 15) is 9.59 Å². The number of hydrogen-bond donors (Lipinski definition) is 1. The number of likely N-dealkylation sites (N-methyl/N-ethyl adjacent to an activating group) is 1. The van der Waals surface area contributed by atoms with Crippen molar-refractivity contribution >= 4 is 11.9 Å². The van der Waals surface area contributed by atoms with Crippen LogP contribution < -0.4 is 5.73 Å². The minimum atomic E-state index is -0.712. The average Bonchev–Trinajstić information content (AvgIpc) is 2.45. The van der Waals surface area contributed by atoms with Crippen molar-refractivity contribution in [1.82, 2.24) is 4.90 Å². The number of carbonyl (C=O) groups excluding carboxylic acids is 2. The van der Waals surface area contributed by atoms with Crippen LogP contribution in [0.15, 0.2) is 30.3 Å². The summed E-state index contributed by atoms with van der Waals surface area (Å²) in [5.41, 5.74) is 6.67. The molecule has 5 nitrogen and oxygen atoms in total. The quantitative estimate of drug-likeness (QED) is 0.804. The lowest BCUT2D eigenvalue weighted by Crippen LogP contribution is -2.39. The second-order valence-electron chi connectivity index (χ2n) is 4.53. The molecule has 0 saturated heterocycles. The van der Waals surface area contributed by atoms with Crippen molar-refractivity contribution in [3.8, 4) is 0 Å². The molecule has 0 bridgehead atoms. The fourth-order valence-electron chi connectivity index (χ4n) is 1.82. The van der Waals surface area contributed by atoms with Crippen LogP contribution >= 0.6 is 0 Å². The molecule has 0 heterocycles. The molecule has 5 heteroatoms. The van der Waals surface area contributed by atoms with Gasteiger partial charge in [0.2, 0.25) is 5.91 Å². The lowest BCUT2D eigenvalue weighted by molar-refractivity contribution is -0.146. The summed E-state index contributed by atoms with van der Waals surface area (Å²) in [7, 11) is 2.96. The van der Waals surface area contributed by atoms with Gasteiger partial charge in [-0.1, -0.05) is 37.3 Å². The molecule has 1 amide bonds. The molecule has 1 rings (SSSR count). The summed E-state index contributed by atoms with van der Waals surface area (Å²) in [4.78, 5) is 24.9. The molecule has 0 fully saturated rings. The first-order chi connectivity index (χ1) is 8.97. The lowest BCUT2D eigenvalue weighted by Gasteiger charge is -2.23. The van der Waals surface area contributed by atoms with E-state index in [1.54, 1.807) is 26.1 Å². The van der Waals surface area contributed by atoms with Crippen molar-refractivity contribution in [3.63, 3.8) is 0 Å². The zero-order chi connectivity index (χ0) is 14.4. The highest BCUT2D eigenvalue weighted by molar-refractivity contribution is 5.83. The Bertz CT molecular complexity index is 434. The molecule has 0 radical (unpaired) electrons. The van der Waals surface area contributed by atoms with E-state index in [0.29, 0.717) is 0 Å². The summed E-state index contributed by atoms with van der Waals surface area (Å²) < 4.78 is 4.63. The van der Waals surface area contributed by atoms with E-state index in [0.717, 1.165) is 5.56 Å². The highest BCUT2D eigenvalue weighted by Crippen LogP contribution is 2.13. The van der Waals surface area contributed by atoms with Crippen LogP contribution in [0.25, 0.3) is 0 Å². The smallest absolute Gasteiger partial charge is 0.310 e. The van der Waals surface area contributed by atoms with Crippen molar-refractivity contribution in [2.45, 2.75) is 13.0 Å². The number of hydrogen-bond acceptors (Lipinski definition) is 4. The predicted octanol–water partition coefficient (Wildman–Crippen LogP) is 0.954. The Morgan fingerprint density at radius 3 is 2.42 bits per heavy atom. The molecule has 0 aromatic heterocycles. The van der Waals surface area contributed by atoms with E-state index in [1.807, 2.05) is 18.2 Å². The number of methoxy groups -OCH3 is 1. The van der Waals surface area contributed by atoms with Gasteiger partial charge in [0.05, 0.1) is 13.0 Å². The number of carbonyl (C=O) groups is 2. The van der Waals surface area contributed by atoms with E-state index in [2.05, 4.69) is 4.74 Å². The van der Waals surface area contributed by atoms with Crippen LogP contribution in [0.4, 0.5) is 0 Å². The number of amides is 1. The second kappa shape index (κ2) is 6.89. The number of benzene rings is 1.